The van der Waals surface area contributed by atoms with E-state index in [1.54, 1.807) is 12.0 Å². The fraction of sp³-hybridized carbons (Fsp3) is 0.920. The van der Waals surface area contributed by atoms with Crippen molar-refractivity contribution in [1.29, 1.82) is 0 Å². The maximum absolute atomic E-state index is 13.3. The summed E-state index contributed by atoms with van der Waals surface area (Å²) in [5, 5.41) is 3.24. The van der Waals surface area contributed by atoms with E-state index in [-0.39, 0.29) is 36.5 Å². The number of rotatable bonds is 9. The standard InChI is InChI=1S/C25H46N4O3/c1-18(2)14-28(15-19-7-5-4-6-8-19)22-13-23(29(16-22)24(30)17-32-3)25(31)27-21-11-9-20(26)10-12-21/h18-23H,4-17,26H2,1-3H3,(H,27,31). The number of nitrogens with one attached hydrogen (secondary N) is 1. The van der Waals surface area contributed by atoms with Gasteiger partial charge in [0.05, 0.1) is 0 Å². The van der Waals surface area contributed by atoms with E-state index in [4.69, 9.17) is 10.5 Å². The SMILES string of the molecule is COCC(=O)N1CC(N(CC(C)C)CC2CCCCC2)CC1C(=O)NC1CCC(N)CC1. The second-order valence-corrected chi connectivity index (χ2v) is 10.9. The van der Waals surface area contributed by atoms with Gasteiger partial charge >= 0.3 is 0 Å². The molecular formula is C25H46N4O3. The largest absolute Gasteiger partial charge is 0.375 e. The molecule has 0 radical (unpaired) electrons. The van der Waals surface area contributed by atoms with Crippen molar-refractivity contribution in [2.45, 2.75) is 102 Å². The third-order valence-corrected chi connectivity index (χ3v) is 7.62. The highest BCUT2D eigenvalue weighted by Gasteiger charge is 2.42. The summed E-state index contributed by atoms with van der Waals surface area (Å²) in [5.41, 5.74) is 6.03. The molecule has 0 bridgehead atoms. The van der Waals surface area contributed by atoms with Crippen LogP contribution < -0.4 is 11.1 Å². The number of amides is 2. The van der Waals surface area contributed by atoms with Gasteiger partial charge in [-0.2, -0.15) is 0 Å². The van der Waals surface area contributed by atoms with E-state index in [1.807, 2.05) is 0 Å². The number of nitrogens with zero attached hydrogens (tertiary/aromatic N) is 2. The number of methoxy groups -OCH3 is 1. The lowest BCUT2D eigenvalue weighted by Crippen LogP contribution is -2.50. The minimum absolute atomic E-state index is 0.000382. The molecule has 1 heterocycles. The number of carbonyl (C=O) groups excluding carboxylic acids is 2. The smallest absolute Gasteiger partial charge is 0.249 e. The first-order chi connectivity index (χ1) is 15.4. The molecule has 2 atom stereocenters. The summed E-state index contributed by atoms with van der Waals surface area (Å²) in [6, 6.07) is 0.257. The van der Waals surface area contributed by atoms with E-state index < -0.39 is 6.04 Å². The van der Waals surface area contributed by atoms with Crippen LogP contribution in [0.15, 0.2) is 0 Å². The van der Waals surface area contributed by atoms with E-state index in [2.05, 4.69) is 24.1 Å². The summed E-state index contributed by atoms with van der Waals surface area (Å²) in [6.07, 6.45) is 11.1. The highest BCUT2D eigenvalue weighted by Crippen LogP contribution is 2.29. The molecule has 2 saturated carbocycles. The van der Waals surface area contributed by atoms with Crippen LogP contribution in [0.2, 0.25) is 0 Å². The summed E-state index contributed by atoms with van der Waals surface area (Å²) in [6.45, 7) is 7.27. The van der Waals surface area contributed by atoms with Gasteiger partial charge in [0.2, 0.25) is 11.8 Å². The predicted molar refractivity (Wildman–Crippen MR) is 127 cm³/mol. The monoisotopic (exact) mass is 450 g/mol. The summed E-state index contributed by atoms with van der Waals surface area (Å²) >= 11 is 0. The average Bonchev–Trinajstić information content (AvgIpc) is 3.21. The lowest BCUT2D eigenvalue weighted by Gasteiger charge is -2.35. The topological polar surface area (TPSA) is 87.9 Å². The maximum atomic E-state index is 13.3. The van der Waals surface area contributed by atoms with Gasteiger partial charge in [-0.15, -0.1) is 0 Å². The van der Waals surface area contributed by atoms with Gasteiger partial charge in [0.1, 0.15) is 12.6 Å². The second kappa shape index (κ2) is 12.3. The zero-order valence-electron chi connectivity index (χ0n) is 20.6. The molecule has 184 valence electrons. The Labute approximate surface area is 194 Å². The van der Waals surface area contributed by atoms with Gasteiger partial charge in [0.15, 0.2) is 0 Å². The van der Waals surface area contributed by atoms with Crippen LogP contribution >= 0.6 is 0 Å². The van der Waals surface area contributed by atoms with Gasteiger partial charge in [-0.1, -0.05) is 33.1 Å². The first kappa shape index (κ1) is 25.4. The van der Waals surface area contributed by atoms with Gasteiger partial charge in [-0.05, 0) is 56.8 Å². The van der Waals surface area contributed by atoms with Crippen LogP contribution in [0.4, 0.5) is 0 Å². The fourth-order valence-electron chi connectivity index (χ4n) is 5.91. The number of hydrogen-bond donors (Lipinski definition) is 2. The molecule has 2 aliphatic carbocycles. The third-order valence-electron chi connectivity index (χ3n) is 7.62. The third kappa shape index (κ3) is 7.16. The molecule has 3 fully saturated rings. The lowest BCUT2D eigenvalue weighted by atomic mass is 9.88. The van der Waals surface area contributed by atoms with Crippen LogP contribution in [0.1, 0.15) is 78.1 Å². The Balaban J connectivity index is 1.68. The molecule has 2 amide bonds. The van der Waals surface area contributed by atoms with Crippen molar-refractivity contribution in [2.24, 2.45) is 17.6 Å². The van der Waals surface area contributed by atoms with Crippen molar-refractivity contribution in [1.82, 2.24) is 15.1 Å². The summed E-state index contributed by atoms with van der Waals surface area (Å²) < 4.78 is 5.14. The van der Waals surface area contributed by atoms with Crippen molar-refractivity contribution < 1.29 is 14.3 Å². The Hall–Kier alpha value is -1.18. The molecule has 7 nitrogen and oxygen atoms in total. The molecule has 3 rings (SSSR count). The molecule has 3 aliphatic rings. The van der Waals surface area contributed by atoms with E-state index in [1.165, 1.54) is 32.1 Å². The molecule has 2 unspecified atom stereocenters. The Morgan fingerprint density at radius 3 is 2.41 bits per heavy atom. The van der Waals surface area contributed by atoms with Crippen molar-refractivity contribution in [3.63, 3.8) is 0 Å². The van der Waals surface area contributed by atoms with Gasteiger partial charge in [-0.25, -0.2) is 0 Å². The van der Waals surface area contributed by atoms with Crippen molar-refractivity contribution in [3.05, 3.63) is 0 Å². The average molecular weight is 451 g/mol. The molecular weight excluding hydrogens is 404 g/mol. The number of hydrogen-bond acceptors (Lipinski definition) is 5. The Morgan fingerprint density at radius 1 is 1.09 bits per heavy atom. The van der Waals surface area contributed by atoms with Gasteiger partial charge in [0, 0.05) is 44.9 Å². The van der Waals surface area contributed by atoms with Crippen LogP contribution in [-0.4, -0.2) is 79.1 Å². The minimum Gasteiger partial charge on any atom is -0.375 e. The Morgan fingerprint density at radius 2 is 1.78 bits per heavy atom. The molecule has 1 saturated heterocycles. The molecule has 0 aromatic carbocycles. The fourth-order valence-corrected chi connectivity index (χ4v) is 5.91. The summed E-state index contributed by atoms with van der Waals surface area (Å²) in [7, 11) is 1.54. The normalized spacial score (nSPS) is 29.6. The highest BCUT2D eigenvalue weighted by atomic mass is 16.5. The zero-order chi connectivity index (χ0) is 23.1. The molecule has 7 heteroatoms. The predicted octanol–water partition coefficient (Wildman–Crippen LogP) is 2.53. The van der Waals surface area contributed by atoms with E-state index >= 15 is 0 Å². The van der Waals surface area contributed by atoms with Crippen LogP contribution in [0.5, 0.6) is 0 Å². The Bertz CT molecular complexity index is 600. The first-order valence-electron chi connectivity index (χ1n) is 13.0. The molecule has 32 heavy (non-hydrogen) atoms. The van der Waals surface area contributed by atoms with E-state index in [0.29, 0.717) is 18.9 Å². The number of ether oxygens (including phenoxy) is 1. The lowest BCUT2D eigenvalue weighted by molar-refractivity contribution is -0.141. The minimum atomic E-state index is -0.403. The first-order valence-corrected chi connectivity index (χ1v) is 13.0. The van der Waals surface area contributed by atoms with Crippen molar-refractivity contribution >= 4 is 11.8 Å². The number of nitrogens with two attached hydrogens (primary N) is 1. The quantitative estimate of drug-likeness (QED) is 0.564. The van der Waals surface area contributed by atoms with Gasteiger partial charge in [-0.3, -0.25) is 14.5 Å². The molecule has 1 aliphatic heterocycles. The second-order valence-electron chi connectivity index (χ2n) is 10.9. The molecule has 3 N–H and O–H groups in total. The van der Waals surface area contributed by atoms with Crippen LogP contribution in [-0.2, 0) is 14.3 Å². The van der Waals surface area contributed by atoms with Crippen LogP contribution in [0.3, 0.4) is 0 Å². The molecule has 0 aromatic rings. The Kier molecular flexibility index (Phi) is 9.80. The van der Waals surface area contributed by atoms with Gasteiger partial charge in [0.25, 0.3) is 0 Å². The van der Waals surface area contributed by atoms with Crippen LogP contribution in [0, 0.1) is 11.8 Å². The maximum Gasteiger partial charge on any atom is 0.249 e. The van der Waals surface area contributed by atoms with E-state index in [9.17, 15) is 9.59 Å². The number of carbonyl (C=O) groups is 2. The number of likely N-dealkylation sites (tertiary alicyclic amines) is 1. The summed E-state index contributed by atoms with van der Waals surface area (Å²) in [4.78, 5) is 30.5. The van der Waals surface area contributed by atoms with Crippen molar-refractivity contribution in [2.75, 3.05) is 33.4 Å². The zero-order valence-corrected chi connectivity index (χ0v) is 20.6. The molecule has 0 spiro atoms. The van der Waals surface area contributed by atoms with Crippen LogP contribution in [0.25, 0.3) is 0 Å². The van der Waals surface area contributed by atoms with Gasteiger partial charge < -0.3 is 20.7 Å². The molecule has 0 aromatic heterocycles. The summed E-state index contributed by atoms with van der Waals surface area (Å²) in [5.74, 6) is 1.22. The highest BCUT2D eigenvalue weighted by molar-refractivity contribution is 5.89. The van der Waals surface area contributed by atoms with Crippen molar-refractivity contribution in [3.8, 4) is 0 Å². The van der Waals surface area contributed by atoms with E-state index in [0.717, 1.165) is 44.7 Å².